The van der Waals surface area contributed by atoms with Gasteiger partial charge in [0.15, 0.2) is 0 Å². The van der Waals surface area contributed by atoms with Gasteiger partial charge >= 0.3 is 0 Å². The number of nitrogens with one attached hydrogen (secondary N) is 1. The van der Waals surface area contributed by atoms with Gasteiger partial charge in [-0.15, -0.1) is 0 Å². The summed E-state index contributed by atoms with van der Waals surface area (Å²) >= 11 is 0. The molecule has 3 rings (SSSR count). The molecule has 0 heterocycles. The van der Waals surface area contributed by atoms with Gasteiger partial charge in [-0.3, -0.25) is 4.79 Å². The van der Waals surface area contributed by atoms with Crippen LogP contribution in [0.1, 0.15) is 43.4 Å². The molecule has 1 unspecified atom stereocenters. The average molecular weight is 327 g/mol. The zero-order chi connectivity index (χ0) is 17.2. The first kappa shape index (κ1) is 16.5. The van der Waals surface area contributed by atoms with Gasteiger partial charge in [0.2, 0.25) is 5.91 Å². The van der Waals surface area contributed by atoms with Crippen molar-refractivity contribution in [3.05, 3.63) is 65.5 Å². The second-order valence-corrected chi connectivity index (χ2v) is 6.38. The minimum atomic E-state index is -0.730. The fourth-order valence-electron chi connectivity index (χ4n) is 3.31. The van der Waals surface area contributed by atoms with E-state index in [1.54, 1.807) is 25.3 Å². The van der Waals surface area contributed by atoms with E-state index in [1.807, 2.05) is 31.2 Å². The molecule has 1 atom stereocenters. The number of carbonyl (C=O) groups is 1. The van der Waals surface area contributed by atoms with Crippen molar-refractivity contribution in [3.8, 4) is 5.75 Å². The molecule has 0 radical (unpaired) electrons. The number of rotatable bonds is 5. The number of methoxy groups -OCH3 is 1. The molecule has 3 nitrogen and oxygen atoms in total. The van der Waals surface area contributed by atoms with Gasteiger partial charge in [0.05, 0.1) is 18.6 Å². The summed E-state index contributed by atoms with van der Waals surface area (Å²) in [4.78, 5) is 12.9. The summed E-state index contributed by atoms with van der Waals surface area (Å²) in [6.07, 6.45) is 2.32. The summed E-state index contributed by atoms with van der Waals surface area (Å²) < 4.78 is 19.4. The Morgan fingerprint density at radius 1 is 1.17 bits per heavy atom. The van der Waals surface area contributed by atoms with Gasteiger partial charge in [0, 0.05) is 5.56 Å². The molecule has 0 aliphatic heterocycles. The van der Waals surface area contributed by atoms with Crippen molar-refractivity contribution in [1.82, 2.24) is 5.32 Å². The van der Waals surface area contributed by atoms with Crippen LogP contribution in [0.15, 0.2) is 48.5 Å². The van der Waals surface area contributed by atoms with Crippen LogP contribution in [-0.2, 0) is 10.2 Å². The number of carbonyl (C=O) groups excluding carboxylic acids is 1. The normalized spacial score (nSPS) is 16.8. The van der Waals surface area contributed by atoms with Gasteiger partial charge in [-0.1, -0.05) is 36.8 Å². The number of amides is 1. The molecule has 24 heavy (non-hydrogen) atoms. The number of hydrogen-bond acceptors (Lipinski definition) is 2. The Bertz CT molecular complexity index is 723. The fourth-order valence-corrected chi connectivity index (χ4v) is 3.31. The van der Waals surface area contributed by atoms with Crippen molar-refractivity contribution >= 4 is 5.91 Å². The molecule has 1 fully saturated rings. The Hall–Kier alpha value is -2.36. The molecule has 1 saturated carbocycles. The predicted molar refractivity (Wildman–Crippen MR) is 91.5 cm³/mol. The van der Waals surface area contributed by atoms with Crippen molar-refractivity contribution in [2.45, 2.75) is 37.6 Å². The van der Waals surface area contributed by atoms with Crippen molar-refractivity contribution in [2.75, 3.05) is 7.11 Å². The summed E-state index contributed by atoms with van der Waals surface area (Å²) in [6, 6.07) is 14.1. The zero-order valence-electron chi connectivity index (χ0n) is 14.0. The van der Waals surface area contributed by atoms with Gasteiger partial charge in [-0.05, 0) is 43.5 Å². The van der Waals surface area contributed by atoms with Crippen LogP contribution in [0, 0.1) is 5.82 Å². The number of halogens is 1. The Morgan fingerprint density at radius 3 is 2.38 bits per heavy atom. The second-order valence-electron chi connectivity index (χ2n) is 6.38. The standard InChI is InChI=1S/C20H22FNO2/c1-14(15-8-10-16(24-2)11-9-15)22-19(23)20(12-5-13-20)17-6-3-4-7-18(17)21/h3-4,6-11,14H,5,12-13H2,1-2H3,(H,22,23). The molecule has 0 bridgehead atoms. The lowest BCUT2D eigenvalue weighted by Crippen LogP contribution is -2.50. The minimum Gasteiger partial charge on any atom is -0.497 e. The SMILES string of the molecule is COc1ccc(C(C)NC(=O)C2(c3ccccc3F)CCC2)cc1. The van der Waals surface area contributed by atoms with Gasteiger partial charge in [-0.2, -0.15) is 0 Å². The molecular weight excluding hydrogens is 305 g/mol. The van der Waals surface area contributed by atoms with Crippen LogP contribution in [-0.4, -0.2) is 13.0 Å². The first-order valence-electron chi connectivity index (χ1n) is 8.27. The van der Waals surface area contributed by atoms with Crippen molar-refractivity contribution < 1.29 is 13.9 Å². The number of hydrogen-bond donors (Lipinski definition) is 1. The third kappa shape index (κ3) is 2.88. The van der Waals surface area contributed by atoms with E-state index in [0.29, 0.717) is 18.4 Å². The number of ether oxygens (including phenoxy) is 1. The van der Waals surface area contributed by atoms with Crippen molar-refractivity contribution in [3.63, 3.8) is 0 Å². The Labute approximate surface area is 141 Å². The maximum absolute atomic E-state index is 14.2. The van der Waals surface area contributed by atoms with Crippen LogP contribution in [0.5, 0.6) is 5.75 Å². The summed E-state index contributed by atoms with van der Waals surface area (Å²) in [6.45, 7) is 1.94. The first-order chi connectivity index (χ1) is 11.6. The fraction of sp³-hybridized carbons (Fsp3) is 0.350. The summed E-state index contributed by atoms with van der Waals surface area (Å²) in [5.74, 6) is 0.380. The predicted octanol–water partition coefficient (Wildman–Crippen LogP) is 4.13. The molecule has 1 aliphatic carbocycles. The second kappa shape index (κ2) is 6.63. The third-order valence-electron chi connectivity index (χ3n) is 4.99. The van der Waals surface area contributed by atoms with Crippen molar-refractivity contribution in [2.24, 2.45) is 0 Å². The summed E-state index contributed by atoms with van der Waals surface area (Å²) in [5, 5.41) is 3.06. The molecule has 0 aromatic heterocycles. The highest BCUT2D eigenvalue weighted by atomic mass is 19.1. The minimum absolute atomic E-state index is 0.0952. The molecule has 4 heteroatoms. The topological polar surface area (TPSA) is 38.3 Å². The van der Waals surface area contributed by atoms with Crippen molar-refractivity contribution in [1.29, 1.82) is 0 Å². The van der Waals surface area contributed by atoms with Crippen LogP contribution >= 0.6 is 0 Å². The maximum atomic E-state index is 14.2. The van der Waals surface area contributed by atoms with Gasteiger partial charge in [0.1, 0.15) is 11.6 Å². The molecule has 126 valence electrons. The van der Waals surface area contributed by atoms with E-state index < -0.39 is 5.41 Å². The maximum Gasteiger partial charge on any atom is 0.231 e. The quantitative estimate of drug-likeness (QED) is 0.896. The summed E-state index contributed by atoms with van der Waals surface area (Å²) in [7, 11) is 1.62. The van der Waals surface area contributed by atoms with E-state index in [0.717, 1.165) is 17.7 Å². The Morgan fingerprint density at radius 2 is 1.83 bits per heavy atom. The lowest BCUT2D eigenvalue weighted by atomic mass is 9.63. The molecule has 2 aromatic rings. The van der Waals surface area contributed by atoms with Crippen LogP contribution in [0.3, 0.4) is 0 Å². The van der Waals surface area contributed by atoms with E-state index in [-0.39, 0.29) is 17.8 Å². The molecule has 1 aliphatic rings. The average Bonchev–Trinajstić information content (AvgIpc) is 2.55. The highest BCUT2D eigenvalue weighted by Gasteiger charge is 2.47. The smallest absolute Gasteiger partial charge is 0.231 e. The lowest BCUT2D eigenvalue weighted by molar-refractivity contribution is -0.130. The van der Waals surface area contributed by atoms with Gasteiger partial charge in [0.25, 0.3) is 0 Å². The molecule has 1 amide bonds. The Kier molecular flexibility index (Phi) is 4.56. The Balaban J connectivity index is 1.78. The monoisotopic (exact) mass is 327 g/mol. The largest absolute Gasteiger partial charge is 0.497 e. The van der Waals surface area contributed by atoms with E-state index in [1.165, 1.54) is 6.07 Å². The molecule has 0 spiro atoms. The van der Waals surface area contributed by atoms with Gasteiger partial charge in [-0.25, -0.2) is 4.39 Å². The molecule has 2 aromatic carbocycles. The summed E-state index contributed by atoms with van der Waals surface area (Å²) in [5.41, 5.74) is 0.773. The van der Waals surface area contributed by atoms with E-state index in [2.05, 4.69) is 5.32 Å². The van der Waals surface area contributed by atoms with E-state index in [9.17, 15) is 9.18 Å². The zero-order valence-corrected chi connectivity index (χ0v) is 14.0. The van der Waals surface area contributed by atoms with E-state index in [4.69, 9.17) is 4.74 Å². The lowest BCUT2D eigenvalue weighted by Gasteiger charge is -2.41. The highest BCUT2D eigenvalue weighted by Crippen LogP contribution is 2.45. The van der Waals surface area contributed by atoms with E-state index >= 15 is 0 Å². The molecular formula is C20H22FNO2. The third-order valence-corrected chi connectivity index (χ3v) is 4.99. The van der Waals surface area contributed by atoms with Gasteiger partial charge < -0.3 is 10.1 Å². The number of benzene rings is 2. The van der Waals surface area contributed by atoms with Crippen LogP contribution < -0.4 is 10.1 Å². The molecule has 1 N–H and O–H groups in total. The first-order valence-corrected chi connectivity index (χ1v) is 8.27. The van der Waals surface area contributed by atoms with Crippen LogP contribution in [0.2, 0.25) is 0 Å². The van der Waals surface area contributed by atoms with Crippen LogP contribution in [0.4, 0.5) is 4.39 Å². The highest BCUT2D eigenvalue weighted by molar-refractivity contribution is 5.89. The molecule has 0 saturated heterocycles. The van der Waals surface area contributed by atoms with Crippen LogP contribution in [0.25, 0.3) is 0 Å².